The quantitative estimate of drug-likeness (QED) is 0.288. The van der Waals surface area contributed by atoms with Gasteiger partial charge in [-0.25, -0.2) is 14.2 Å². The summed E-state index contributed by atoms with van der Waals surface area (Å²) in [6, 6.07) is 20.5. The van der Waals surface area contributed by atoms with Gasteiger partial charge in [0.25, 0.3) is 0 Å². The Labute approximate surface area is 212 Å². The van der Waals surface area contributed by atoms with Gasteiger partial charge >= 0.3 is 5.97 Å². The minimum absolute atomic E-state index is 0.319. The van der Waals surface area contributed by atoms with Gasteiger partial charge in [0, 0.05) is 34.8 Å². The minimum Gasteiger partial charge on any atom is -0.465 e. The molecule has 1 aromatic heterocycles. The van der Waals surface area contributed by atoms with E-state index in [2.05, 4.69) is 62.7 Å². The van der Waals surface area contributed by atoms with Crippen molar-refractivity contribution in [2.45, 2.75) is 0 Å². The molecule has 0 aliphatic carbocycles. The Kier molecular flexibility index (Phi) is 6.78. The number of benzene rings is 2. The highest BCUT2D eigenvalue weighted by atomic mass is 79.9. The zero-order valence-electron chi connectivity index (χ0n) is 19.0. The normalized spacial score (nSPS) is 20.4. The van der Waals surface area contributed by atoms with Gasteiger partial charge in [0.15, 0.2) is 7.36 Å². The summed E-state index contributed by atoms with van der Waals surface area (Å²) in [6.07, 6.45) is 2.18. The third-order valence-electron chi connectivity index (χ3n) is 6.02. The van der Waals surface area contributed by atoms with E-state index >= 15 is 0 Å². The predicted molar refractivity (Wildman–Crippen MR) is 143 cm³/mol. The average Bonchev–Trinajstić information content (AvgIpc) is 3.32. The number of fused-ring (bicyclic) bond motifs is 1. The van der Waals surface area contributed by atoms with Crippen LogP contribution in [0.1, 0.15) is 20.1 Å². The lowest BCUT2D eigenvalue weighted by Gasteiger charge is -2.47. The van der Waals surface area contributed by atoms with E-state index in [9.17, 15) is 4.79 Å². The molecule has 0 N–H and O–H groups in total. The van der Waals surface area contributed by atoms with Gasteiger partial charge in [0.05, 0.1) is 31.7 Å². The number of nitrogens with zero attached hydrogens (tertiary/aromatic N) is 3. The Morgan fingerprint density at radius 1 is 1.12 bits per heavy atom. The summed E-state index contributed by atoms with van der Waals surface area (Å²) in [6.45, 7) is 2.84. The maximum Gasteiger partial charge on any atom is 0.348 e. The van der Waals surface area contributed by atoms with Crippen molar-refractivity contribution in [1.29, 1.82) is 0 Å². The fraction of sp³-hybridized carbons (Fsp3) is 0.240. The molecule has 2 aromatic carbocycles. The van der Waals surface area contributed by atoms with E-state index in [1.165, 1.54) is 18.4 Å². The van der Waals surface area contributed by atoms with Crippen molar-refractivity contribution in [1.82, 2.24) is 9.34 Å². The molecule has 0 spiro atoms. The topological polar surface area (TPSA) is 54.4 Å². The smallest absolute Gasteiger partial charge is 0.348 e. The van der Waals surface area contributed by atoms with Crippen LogP contribution in [0.15, 0.2) is 69.9 Å². The molecule has 3 heterocycles. The maximum atomic E-state index is 12.5. The fourth-order valence-corrected chi connectivity index (χ4v) is 9.83. The first-order valence-electron chi connectivity index (χ1n) is 11.0. The molecule has 2 aliphatic heterocycles. The van der Waals surface area contributed by atoms with Crippen molar-refractivity contribution in [3.05, 3.63) is 80.5 Å². The van der Waals surface area contributed by atoms with E-state index in [-0.39, 0.29) is 5.97 Å². The molecule has 34 heavy (non-hydrogen) atoms. The van der Waals surface area contributed by atoms with Gasteiger partial charge in [-0.1, -0.05) is 46.3 Å². The number of methoxy groups -OCH3 is 1. The zero-order valence-corrected chi connectivity index (χ0v) is 22.3. The van der Waals surface area contributed by atoms with E-state index in [0.29, 0.717) is 18.1 Å². The number of hydrogen-bond acceptors (Lipinski definition) is 5. The van der Waals surface area contributed by atoms with Gasteiger partial charge < -0.3 is 14.1 Å². The third kappa shape index (κ3) is 4.18. The number of carbonyl (C=O) groups is 1. The van der Waals surface area contributed by atoms with Crippen LogP contribution < -0.4 is 5.30 Å². The van der Waals surface area contributed by atoms with Crippen molar-refractivity contribution < 1.29 is 14.3 Å². The third-order valence-corrected chi connectivity index (χ3v) is 11.5. The minimum atomic E-state index is -2.50. The number of carbonyl (C=O) groups excluding carboxylic acids is 1. The highest BCUT2D eigenvalue weighted by molar-refractivity contribution is 9.10. The Morgan fingerprint density at radius 3 is 2.50 bits per heavy atom. The second-order valence-electron chi connectivity index (χ2n) is 7.98. The van der Waals surface area contributed by atoms with Crippen LogP contribution in [0, 0.1) is 0 Å². The Balaban J connectivity index is 1.81. The largest absolute Gasteiger partial charge is 0.465 e. The van der Waals surface area contributed by atoms with Crippen molar-refractivity contribution in [3.8, 4) is 0 Å². The van der Waals surface area contributed by atoms with Crippen LogP contribution in [-0.4, -0.2) is 55.8 Å². The molecule has 0 bridgehead atoms. The molecule has 0 unspecified atom stereocenters. The van der Waals surface area contributed by atoms with Crippen LogP contribution >= 0.6 is 34.6 Å². The molecule has 0 saturated carbocycles. The second-order valence-corrected chi connectivity index (χ2v) is 13.0. The van der Waals surface area contributed by atoms with Crippen LogP contribution in [0.5, 0.6) is 0 Å². The number of halogens is 1. The molecule has 5 rings (SSSR count). The molecule has 1 fully saturated rings. The van der Waals surface area contributed by atoms with E-state index in [1.54, 1.807) is 0 Å². The van der Waals surface area contributed by atoms with E-state index in [1.807, 2.05) is 36.4 Å². The number of ether oxygens (including phenoxy) is 2. The summed E-state index contributed by atoms with van der Waals surface area (Å²) in [5.41, 5.74) is 3.11. The monoisotopic (exact) mass is 557 g/mol. The number of hydrogen-bond donors (Lipinski definition) is 0. The number of rotatable bonds is 4. The Bertz CT molecular complexity index is 1280. The average molecular weight is 558 g/mol. The van der Waals surface area contributed by atoms with Gasteiger partial charge in [-0.05, 0) is 42.0 Å². The highest BCUT2D eigenvalue weighted by Crippen LogP contribution is 2.63. The van der Waals surface area contributed by atoms with Crippen molar-refractivity contribution in [3.63, 3.8) is 0 Å². The predicted octanol–water partition coefficient (Wildman–Crippen LogP) is 6.06. The molecule has 1 saturated heterocycles. The maximum absolute atomic E-state index is 12.5. The fourth-order valence-electron chi connectivity index (χ4n) is 4.37. The van der Waals surface area contributed by atoms with Gasteiger partial charge in [-0.3, -0.25) is 0 Å². The molecular weight excluding hydrogens is 533 g/mol. The van der Waals surface area contributed by atoms with Crippen LogP contribution in [0.3, 0.4) is 0 Å². The van der Waals surface area contributed by atoms with Crippen LogP contribution in [0.2, 0.25) is 0 Å². The van der Waals surface area contributed by atoms with Gasteiger partial charge in [0.1, 0.15) is 4.88 Å². The first-order chi connectivity index (χ1) is 16.5. The first kappa shape index (κ1) is 23.5. The SMILES string of the molecule is COC(=O)c1cc2c(s1)C=C(c1ccccc1)N(C)[P@@]2(=Nc1ccc(Br)cc1)N1CCOCC1. The number of thiophene rings is 1. The molecule has 6 nitrogen and oxygen atoms in total. The molecule has 0 amide bonds. The summed E-state index contributed by atoms with van der Waals surface area (Å²) >= 11 is 5.01. The van der Waals surface area contributed by atoms with E-state index in [0.717, 1.165) is 44.7 Å². The standard InChI is InChI=1S/C25H25BrN3O3PS/c1-28-21(18-6-4-3-5-7-18)16-23-22(17-24(34-23)25(30)31-2)33(28,29-12-14-32-15-13-29)27-20-10-8-19(26)9-11-20/h3-11,16-17H,12-15H2,1-2H3/t33-/m1/s1. The summed E-state index contributed by atoms with van der Waals surface area (Å²) in [7, 11) is 1.05. The van der Waals surface area contributed by atoms with Gasteiger partial charge in [-0.2, -0.15) is 0 Å². The van der Waals surface area contributed by atoms with Crippen molar-refractivity contribution in [2.24, 2.45) is 4.74 Å². The van der Waals surface area contributed by atoms with Crippen molar-refractivity contribution in [2.75, 3.05) is 40.5 Å². The van der Waals surface area contributed by atoms with Crippen LogP contribution in [0.25, 0.3) is 11.8 Å². The van der Waals surface area contributed by atoms with Crippen LogP contribution in [-0.2, 0) is 9.47 Å². The lowest BCUT2D eigenvalue weighted by atomic mass is 10.1. The Morgan fingerprint density at radius 2 is 1.82 bits per heavy atom. The molecule has 3 aromatic rings. The number of morpholine rings is 1. The summed E-state index contributed by atoms with van der Waals surface area (Å²) in [5, 5.41) is 1.09. The van der Waals surface area contributed by atoms with Crippen molar-refractivity contribution >= 4 is 63.4 Å². The lowest BCUT2D eigenvalue weighted by molar-refractivity contribution is 0.0606. The van der Waals surface area contributed by atoms with Gasteiger partial charge in [-0.15, -0.1) is 11.3 Å². The molecule has 9 heteroatoms. The molecular formula is C25H25BrN3O3PS. The Hall–Kier alpha value is -2.22. The molecule has 176 valence electrons. The van der Waals surface area contributed by atoms with E-state index in [4.69, 9.17) is 14.2 Å². The number of esters is 1. The summed E-state index contributed by atoms with van der Waals surface area (Å²) < 4.78 is 22.1. The van der Waals surface area contributed by atoms with Gasteiger partial charge in [0.2, 0.25) is 0 Å². The zero-order chi connectivity index (χ0) is 23.7. The highest BCUT2D eigenvalue weighted by Gasteiger charge is 2.42. The second kappa shape index (κ2) is 9.80. The molecule has 1 atom stereocenters. The summed E-state index contributed by atoms with van der Waals surface area (Å²) in [4.78, 5) is 14.2. The molecule has 2 aliphatic rings. The van der Waals surface area contributed by atoms with Crippen LogP contribution in [0.4, 0.5) is 5.69 Å². The van der Waals surface area contributed by atoms with E-state index < -0.39 is 7.36 Å². The first-order valence-corrected chi connectivity index (χ1v) is 14.2. The summed E-state index contributed by atoms with van der Waals surface area (Å²) in [5.74, 6) is -0.319. The molecule has 0 radical (unpaired) electrons. The lowest BCUT2D eigenvalue weighted by Crippen LogP contribution is -2.42.